The monoisotopic (exact) mass is 482 g/mol. The Morgan fingerprint density at radius 3 is 2.53 bits per heavy atom. The highest BCUT2D eigenvalue weighted by molar-refractivity contribution is 7.92. The third-order valence-electron chi connectivity index (χ3n) is 5.46. The van der Waals surface area contributed by atoms with Crippen molar-refractivity contribution >= 4 is 32.2 Å². The van der Waals surface area contributed by atoms with E-state index in [2.05, 4.69) is 10.3 Å². The molecule has 32 heavy (non-hydrogen) atoms. The second-order valence-corrected chi connectivity index (χ2v) is 11.2. The molecule has 3 N–H and O–H groups in total. The second-order valence-electron chi connectivity index (χ2n) is 7.90. The van der Waals surface area contributed by atoms with Crippen molar-refractivity contribution < 1.29 is 32.9 Å². The zero-order valence-corrected chi connectivity index (χ0v) is 19.0. The van der Waals surface area contributed by atoms with E-state index in [0.29, 0.717) is 49.3 Å². The molecule has 0 bridgehead atoms. The van der Waals surface area contributed by atoms with Crippen molar-refractivity contribution in [3.8, 4) is 0 Å². The van der Waals surface area contributed by atoms with E-state index < -0.39 is 34.6 Å². The summed E-state index contributed by atoms with van der Waals surface area (Å²) >= 11 is 1.06. The van der Waals surface area contributed by atoms with Crippen molar-refractivity contribution in [2.24, 2.45) is 0 Å². The topological polar surface area (TPSA) is 135 Å². The molecule has 1 aliphatic carbocycles. The van der Waals surface area contributed by atoms with E-state index in [1.807, 2.05) is 0 Å². The Morgan fingerprint density at radius 2 is 1.91 bits per heavy atom. The number of aromatic nitrogens is 1. The van der Waals surface area contributed by atoms with Gasteiger partial charge in [0.15, 0.2) is 21.1 Å². The van der Waals surface area contributed by atoms with Gasteiger partial charge in [0.25, 0.3) is 5.91 Å². The fourth-order valence-electron chi connectivity index (χ4n) is 3.46. The lowest BCUT2D eigenvalue weighted by Crippen LogP contribution is -2.31. The van der Waals surface area contributed by atoms with E-state index in [1.54, 1.807) is 12.1 Å². The number of carbonyl (C=O) groups is 1. The fraction of sp³-hybridized carbons (Fsp3) is 0.524. The van der Waals surface area contributed by atoms with E-state index in [1.165, 1.54) is 18.3 Å². The Hall–Kier alpha value is -1.89. The molecule has 2 unspecified atom stereocenters. The number of hydrogen-bond acceptors (Lipinski definition) is 9. The van der Waals surface area contributed by atoms with Crippen LogP contribution in [0, 0.1) is 0 Å². The van der Waals surface area contributed by atoms with E-state index >= 15 is 0 Å². The first-order valence-electron chi connectivity index (χ1n) is 10.5. The van der Waals surface area contributed by atoms with Crippen LogP contribution in [0.25, 0.3) is 0 Å². The van der Waals surface area contributed by atoms with Crippen molar-refractivity contribution in [2.45, 2.75) is 54.1 Å². The molecule has 2 heterocycles. The molecule has 1 aliphatic heterocycles. The summed E-state index contributed by atoms with van der Waals surface area (Å²) in [5.41, 5.74) is 0.538. The zero-order chi connectivity index (χ0) is 22.7. The number of amides is 1. The first-order valence-corrected chi connectivity index (χ1v) is 12.9. The molecule has 11 heteroatoms. The molecule has 9 nitrogen and oxygen atoms in total. The maximum Gasteiger partial charge on any atom is 0.259 e. The van der Waals surface area contributed by atoms with Gasteiger partial charge in [0, 0.05) is 19.4 Å². The standard InChI is InChI=1S/C21H26N2O7S2/c24-12-17(25)18-11-22-21(31-18)23-20(26)19(30-14-7-9-29-10-8-14)13-1-3-15(4-2-13)32(27,28)16-5-6-16/h1-4,11,14,16-17,19,24-25H,5-10,12H2,(H,22,23,26). The van der Waals surface area contributed by atoms with Gasteiger partial charge in [-0.3, -0.25) is 10.1 Å². The summed E-state index contributed by atoms with van der Waals surface area (Å²) in [6, 6.07) is 6.27. The minimum absolute atomic E-state index is 0.169. The van der Waals surface area contributed by atoms with Crippen LogP contribution in [-0.4, -0.2) is 60.7 Å². The third kappa shape index (κ3) is 5.36. The molecule has 174 valence electrons. The van der Waals surface area contributed by atoms with Gasteiger partial charge in [-0.1, -0.05) is 23.5 Å². The minimum Gasteiger partial charge on any atom is -0.393 e. The van der Waals surface area contributed by atoms with Crippen molar-refractivity contribution in [1.29, 1.82) is 0 Å². The highest BCUT2D eigenvalue weighted by atomic mass is 32.2. The quantitative estimate of drug-likeness (QED) is 0.494. The van der Waals surface area contributed by atoms with Crippen LogP contribution in [-0.2, 0) is 24.1 Å². The van der Waals surface area contributed by atoms with Crippen molar-refractivity contribution in [2.75, 3.05) is 25.1 Å². The van der Waals surface area contributed by atoms with Gasteiger partial charge in [-0.15, -0.1) is 0 Å². The van der Waals surface area contributed by atoms with Crippen LogP contribution in [0.4, 0.5) is 5.13 Å². The molecule has 1 aromatic carbocycles. The van der Waals surface area contributed by atoms with Crippen molar-refractivity contribution in [1.82, 2.24) is 4.98 Å². The summed E-state index contributed by atoms with van der Waals surface area (Å²) in [7, 11) is -3.32. The average Bonchev–Trinajstić information content (AvgIpc) is 3.58. The number of nitrogens with one attached hydrogen (secondary N) is 1. The van der Waals surface area contributed by atoms with Gasteiger partial charge in [-0.25, -0.2) is 13.4 Å². The molecule has 4 rings (SSSR count). The molecule has 2 fully saturated rings. The van der Waals surface area contributed by atoms with Crippen LogP contribution in [0.15, 0.2) is 35.4 Å². The Balaban J connectivity index is 1.53. The SMILES string of the molecule is O=C(Nc1ncc(C(O)CO)s1)C(OC1CCOCC1)c1ccc(S(=O)(=O)C2CC2)cc1. The molecule has 0 radical (unpaired) electrons. The zero-order valence-electron chi connectivity index (χ0n) is 17.3. The van der Waals surface area contributed by atoms with Crippen LogP contribution in [0.5, 0.6) is 0 Å². The lowest BCUT2D eigenvalue weighted by Gasteiger charge is -2.27. The van der Waals surface area contributed by atoms with Crippen molar-refractivity contribution in [3.63, 3.8) is 0 Å². The Bertz CT molecular complexity index is 1030. The average molecular weight is 483 g/mol. The minimum atomic E-state index is -3.32. The second kappa shape index (κ2) is 9.94. The van der Waals surface area contributed by atoms with Gasteiger partial charge in [0.2, 0.25) is 0 Å². The summed E-state index contributed by atoms with van der Waals surface area (Å²) < 4.78 is 36.4. The van der Waals surface area contributed by atoms with E-state index in [-0.39, 0.29) is 21.4 Å². The molecule has 1 aromatic heterocycles. The summed E-state index contributed by atoms with van der Waals surface area (Å²) in [5, 5.41) is 21.5. The maximum absolute atomic E-state index is 13.1. The molecular formula is C21H26N2O7S2. The number of nitrogens with zero attached hydrogens (tertiary/aromatic N) is 1. The number of benzene rings is 1. The third-order valence-corrected chi connectivity index (χ3v) is 8.76. The molecule has 0 spiro atoms. The molecular weight excluding hydrogens is 456 g/mol. The van der Waals surface area contributed by atoms with Crippen molar-refractivity contribution in [3.05, 3.63) is 40.9 Å². The molecule has 2 aromatic rings. The molecule has 1 saturated heterocycles. The van der Waals surface area contributed by atoms with Crippen LogP contribution in [0.3, 0.4) is 0 Å². The van der Waals surface area contributed by atoms with E-state index in [0.717, 1.165) is 11.3 Å². The number of aliphatic hydroxyl groups is 2. The van der Waals surface area contributed by atoms with Crippen LogP contribution in [0.2, 0.25) is 0 Å². The van der Waals surface area contributed by atoms with Gasteiger partial charge < -0.3 is 19.7 Å². The molecule has 2 atom stereocenters. The van der Waals surface area contributed by atoms with Crippen LogP contribution < -0.4 is 5.32 Å². The highest BCUT2D eigenvalue weighted by Gasteiger charge is 2.37. The van der Waals surface area contributed by atoms with Gasteiger partial charge in [-0.2, -0.15) is 0 Å². The lowest BCUT2D eigenvalue weighted by molar-refractivity contribution is -0.136. The molecule has 2 aliphatic rings. The maximum atomic E-state index is 13.1. The summed E-state index contributed by atoms with van der Waals surface area (Å²) in [6.45, 7) is 0.653. The predicted octanol–water partition coefficient (Wildman–Crippen LogP) is 1.98. The first kappa shape index (κ1) is 23.3. The van der Waals surface area contributed by atoms with E-state index in [9.17, 15) is 18.3 Å². The fourth-order valence-corrected chi connectivity index (χ4v) is 5.91. The smallest absolute Gasteiger partial charge is 0.259 e. The van der Waals surface area contributed by atoms with Crippen LogP contribution in [0.1, 0.15) is 48.3 Å². The number of rotatable bonds is 9. The number of carbonyl (C=O) groups excluding carboxylic acids is 1. The van der Waals surface area contributed by atoms with Gasteiger partial charge in [0.05, 0.1) is 27.7 Å². The van der Waals surface area contributed by atoms with Gasteiger partial charge in [0.1, 0.15) is 6.10 Å². The number of aliphatic hydroxyl groups excluding tert-OH is 2. The van der Waals surface area contributed by atoms with E-state index in [4.69, 9.17) is 14.6 Å². The lowest BCUT2D eigenvalue weighted by atomic mass is 10.1. The first-order chi connectivity index (χ1) is 15.4. The number of anilines is 1. The van der Waals surface area contributed by atoms with Gasteiger partial charge >= 0.3 is 0 Å². The predicted molar refractivity (Wildman–Crippen MR) is 117 cm³/mol. The molecule has 1 saturated carbocycles. The number of ether oxygens (including phenoxy) is 2. The summed E-state index contributed by atoms with van der Waals surface area (Å²) in [6.07, 6.45) is 1.87. The Labute approximate surface area is 190 Å². The summed E-state index contributed by atoms with van der Waals surface area (Å²) in [5.74, 6) is -0.450. The van der Waals surface area contributed by atoms with Gasteiger partial charge in [-0.05, 0) is 43.4 Å². The number of sulfone groups is 1. The number of hydrogen-bond donors (Lipinski definition) is 3. The van der Waals surface area contributed by atoms with Crippen LogP contribution >= 0.6 is 11.3 Å². The Morgan fingerprint density at radius 1 is 1.22 bits per heavy atom. The Kier molecular flexibility index (Phi) is 7.23. The normalized spacial score (nSPS) is 19.4. The highest BCUT2D eigenvalue weighted by Crippen LogP contribution is 2.34. The summed E-state index contributed by atoms with van der Waals surface area (Å²) in [4.78, 5) is 17.9. The number of thiazole rings is 1. The largest absolute Gasteiger partial charge is 0.393 e. The molecule has 1 amide bonds.